The quantitative estimate of drug-likeness (QED) is 0.562. The van der Waals surface area contributed by atoms with Crippen molar-refractivity contribution in [3.8, 4) is 0 Å². The fourth-order valence-corrected chi connectivity index (χ4v) is 3.99. The Morgan fingerprint density at radius 3 is 2.46 bits per heavy atom. The molecule has 3 rings (SSSR count). The molecule has 0 bridgehead atoms. The van der Waals surface area contributed by atoms with E-state index in [1.807, 2.05) is 18.2 Å². The van der Waals surface area contributed by atoms with Crippen LogP contribution < -0.4 is 4.90 Å². The number of hydrogen-bond acceptors (Lipinski definition) is 4. The molecule has 0 unspecified atom stereocenters. The van der Waals surface area contributed by atoms with Crippen molar-refractivity contribution in [2.45, 2.75) is 39.0 Å². The first-order valence-electron chi connectivity index (χ1n) is 8.79. The number of hydrogen-bond donors (Lipinski definition) is 0. The van der Waals surface area contributed by atoms with E-state index in [4.69, 9.17) is 0 Å². The number of carbonyl (C=O) groups is 2. The summed E-state index contributed by atoms with van der Waals surface area (Å²) in [4.78, 5) is 28.7. The first-order chi connectivity index (χ1) is 11.7. The van der Waals surface area contributed by atoms with Gasteiger partial charge < -0.3 is 4.90 Å². The normalized spacial score (nSPS) is 19.8. The number of anilines is 1. The Bertz CT molecular complexity index is 633. The monoisotopic (exact) mass is 344 g/mol. The van der Waals surface area contributed by atoms with Crippen molar-refractivity contribution < 1.29 is 9.59 Å². The Hall–Kier alpha value is -1.75. The molecule has 0 saturated carbocycles. The summed E-state index contributed by atoms with van der Waals surface area (Å²) in [7, 11) is 0. The summed E-state index contributed by atoms with van der Waals surface area (Å²) in [6.45, 7) is 4.88. The Balaban J connectivity index is 1.67. The van der Waals surface area contributed by atoms with Gasteiger partial charge in [0.05, 0.1) is 4.91 Å². The molecule has 2 heterocycles. The first-order valence-corrected chi connectivity index (χ1v) is 9.61. The Morgan fingerprint density at radius 2 is 1.79 bits per heavy atom. The standard InChI is InChI=1S/C19H24N2O2S/c1-2-3-4-13-21-18(22)17(24-19(21)23)14-15-7-9-16(10-8-15)20-11-5-6-12-20/h7-10,14H,2-6,11-13H2,1H3/b17-14-. The summed E-state index contributed by atoms with van der Waals surface area (Å²) in [5.74, 6) is -0.148. The third-order valence-electron chi connectivity index (χ3n) is 4.52. The van der Waals surface area contributed by atoms with E-state index in [0.29, 0.717) is 11.4 Å². The molecule has 2 aliphatic rings. The highest BCUT2D eigenvalue weighted by Gasteiger charge is 2.34. The Labute approximate surface area is 147 Å². The molecule has 0 aliphatic carbocycles. The summed E-state index contributed by atoms with van der Waals surface area (Å²) in [5.41, 5.74) is 2.20. The van der Waals surface area contributed by atoms with Gasteiger partial charge in [0.2, 0.25) is 0 Å². The molecule has 2 aliphatic heterocycles. The molecule has 1 aromatic carbocycles. The van der Waals surface area contributed by atoms with E-state index in [2.05, 4.69) is 24.0 Å². The molecule has 1 aromatic rings. The van der Waals surface area contributed by atoms with Crippen molar-refractivity contribution in [3.63, 3.8) is 0 Å². The van der Waals surface area contributed by atoms with Crippen LogP contribution in [0, 0.1) is 0 Å². The maximum atomic E-state index is 12.4. The van der Waals surface area contributed by atoms with E-state index >= 15 is 0 Å². The van der Waals surface area contributed by atoms with Gasteiger partial charge >= 0.3 is 0 Å². The molecule has 0 aromatic heterocycles. The lowest BCUT2D eigenvalue weighted by Gasteiger charge is -2.17. The van der Waals surface area contributed by atoms with E-state index < -0.39 is 0 Å². The highest BCUT2D eigenvalue weighted by Crippen LogP contribution is 2.32. The number of carbonyl (C=O) groups excluding carboxylic acids is 2. The number of benzene rings is 1. The maximum absolute atomic E-state index is 12.4. The lowest BCUT2D eigenvalue weighted by atomic mass is 10.1. The van der Waals surface area contributed by atoms with E-state index in [-0.39, 0.29) is 11.1 Å². The molecule has 24 heavy (non-hydrogen) atoms. The predicted octanol–water partition coefficient (Wildman–Crippen LogP) is 4.51. The molecule has 128 valence electrons. The second kappa shape index (κ2) is 7.88. The average Bonchev–Trinajstić information content (AvgIpc) is 3.20. The molecular formula is C19H24N2O2S. The van der Waals surface area contributed by atoms with Gasteiger partial charge in [-0.05, 0) is 54.8 Å². The van der Waals surface area contributed by atoms with Crippen LogP contribution in [0.5, 0.6) is 0 Å². The lowest BCUT2D eigenvalue weighted by Crippen LogP contribution is -2.29. The number of thioether (sulfide) groups is 1. The van der Waals surface area contributed by atoms with Crippen LogP contribution in [-0.4, -0.2) is 35.7 Å². The van der Waals surface area contributed by atoms with Crippen LogP contribution in [0.1, 0.15) is 44.6 Å². The van der Waals surface area contributed by atoms with E-state index in [1.165, 1.54) is 23.4 Å². The van der Waals surface area contributed by atoms with Gasteiger partial charge in [0, 0.05) is 25.3 Å². The van der Waals surface area contributed by atoms with Gasteiger partial charge in [-0.2, -0.15) is 0 Å². The van der Waals surface area contributed by atoms with Crippen molar-refractivity contribution >= 4 is 34.7 Å². The molecule has 0 radical (unpaired) electrons. The van der Waals surface area contributed by atoms with Crippen LogP contribution in [0.3, 0.4) is 0 Å². The van der Waals surface area contributed by atoms with Gasteiger partial charge in [-0.25, -0.2) is 0 Å². The van der Waals surface area contributed by atoms with Crippen LogP contribution in [0.15, 0.2) is 29.2 Å². The lowest BCUT2D eigenvalue weighted by molar-refractivity contribution is -0.122. The number of unbranched alkanes of at least 4 members (excludes halogenated alkanes) is 2. The van der Waals surface area contributed by atoms with E-state index in [0.717, 1.165) is 49.7 Å². The summed E-state index contributed by atoms with van der Waals surface area (Å²) in [6, 6.07) is 8.25. The molecule has 5 heteroatoms. The fourth-order valence-electron chi connectivity index (χ4n) is 3.12. The Kier molecular flexibility index (Phi) is 5.61. The molecule has 2 fully saturated rings. The van der Waals surface area contributed by atoms with E-state index in [1.54, 1.807) is 0 Å². The zero-order chi connectivity index (χ0) is 16.9. The van der Waals surface area contributed by atoms with Crippen LogP contribution in [-0.2, 0) is 4.79 Å². The highest BCUT2D eigenvalue weighted by atomic mass is 32.2. The molecule has 0 N–H and O–H groups in total. The van der Waals surface area contributed by atoms with Gasteiger partial charge in [-0.1, -0.05) is 31.9 Å². The molecule has 4 nitrogen and oxygen atoms in total. The third kappa shape index (κ3) is 3.83. The van der Waals surface area contributed by atoms with Crippen molar-refractivity contribution in [1.82, 2.24) is 4.90 Å². The van der Waals surface area contributed by atoms with Gasteiger partial charge in [0.15, 0.2) is 0 Å². The summed E-state index contributed by atoms with van der Waals surface area (Å²) in [5, 5.41) is -0.143. The molecule has 2 amide bonds. The van der Waals surface area contributed by atoms with Crippen molar-refractivity contribution in [2.24, 2.45) is 0 Å². The number of nitrogens with zero attached hydrogens (tertiary/aromatic N) is 2. The van der Waals surface area contributed by atoms with Gasteiger partial charge in [-0.15, -0.1) is 0 Å². The minimum Gasteiger partial charge on any atom is -0.372 e. The first kappa shape index (κ1) is 17.1. The largest absolute Gasteiger partial charge is 0.372 e. The van der Waals surface area contributed by atoms with Crippen molar-refractivity contribution in [1.29, 1.82) is 0 Å². The minimum atomic E-state index is -0.148. The smallest absolute Gasteiger partial charge is 0.293 e. The fraction of sp³-hybridized carbons (Fsp3) is 0.474. The van der Waals surface area contributed by atoms with Crippen molar-refractivity contribution in [3.05, 3.63) is 34.7 Å². The number of amides is 2. The van der Waals surface area contributed by atoms with Gasteiger partial charge in [0.1, 0.15) is 0 Å². The number of imide groups is 1. The average molecular weight is 344 g/mol. The van der Waals surface area contributed by atoms with Crippen LogP contribution >= 0.6 is 11.8 Å². The van der Waals surface area contributed by atoms with Crippen LogP contribution in [0.2, 0.25) is 0 Å². The number of rotatable bonds is 6. The summed E-state index contributed by atoms with van der Waals surface area (Å²) in [6.07, 6.45) is 7.35. The third-order valence-corrected chi connectivity index (χ3v) is 5.43. The summed E-state index contributed by atoms with van der Waals surface area (Å²) >= 11 is 1.05. The Morgan fingerprint density at radius 1 is 1.08 bits per heavy atom. The van der Waals surface area contributed by atoms with Gasteiger partial charge in [0.25, 0.3) is 11.1 Å². The van der Waals surface area contributed by atoms with Crippen LogP contribution in [0.25, 0.3) is 6.08 Å². The van der Waals surface area contributed by atoms with Crippen LogP contribution in [0.4, 0.5) is 10.5 Å². The van der Waals surface area contributed by atoms with Gasteiger partial charge in [-0.3, -0.25) is 14.5 Å². The minimum absolute atomic E-state index is 0.143. The van der Waals surface area contributed by atoms with E-state index in [9.17, 15) is 9.59 Å². The van der Waals surface area contributed by atoms with Crippen molar-refractivity contribution in [2.75, 3.05) is 24.5 Å². The molecular weight excluding hydrogens is 320 g/mol. The zero-order valence-corrected chi connectivity index (χ0v) is 15.0. The topological polar surface area (TPSA) is 40.6 Å². The second-order valence-electron chi connectivity index (χ2n) is 6.33. The SMILES string of the molecule is CCCCCN1C(=O)S/C(=C\c2ccc(N3CCCC3)cc2)C1=O. The molecule has 0 spiro atoms. The molecule has 2 saturated heterocycles. The second-order valence-corrected chi connectivity index (χ2v) is 7.32. The predicted molar refractivity (Wildman–Crippen MR) is 100 cm³/mol. The zero-order valence-electron chi connectivity index (χ0n) is 14.2. The molecule has 0 atom stereocenters. The maximum Gasteiger partial charge on any atom is 0.293 e. The summed E-state index contributed by atoms with van der Waals surface area (Å²) < 4.78 is 0. The highest BCUT2D eigenvalue weighted by molar-refractivity contribution is 8.18.